The molecule has 0 aromatic heterocycles. The summed E-state index contributed by atoms with van der Waals surface area (Å²) in [5.41, 5.74) is 0. The second kappa shape index (κ2) is 7.87. The molecule has 0 saturated heterocycles. The van der Waals surface area contributed by atoms with Gasteiger partial charge >= 0.3 is 11.9 Å². The Morgan fingerprint density at radius 1 is 1.33 bits per heavy atom. The molecule has 1 unspecified atom stereocenters. The van der Waals surface area contributed by atoms with Gasteiger partial charge in [0.25, 0.3) is 0 Å². The molecule has 0 aromatic rings. The van der Waals surface area contributed by atoms with Gasteiger partial charge in [0, 0.05) is 6.08 Å². The zero-order chi connectivity index (χ0) is 14.2. The Bertz CT molecular complexity index is 305. The van der Waals surface area contributed by atoms with Crippen LogP contribution < -0.4 is 0 Å². The molecule has 0 spiro atoms. The molecule has 0 aliphatic heterocycles. The van der Waals surface area contributed by atoms with Gasteiger partial charge in [-0.3, -0.25) is 4.79 Å². The number of esters is 1. The molecule has 0 fully saturated rings. The van der Waals surface area contributed by atoms with E-state index in [1.807, 2.05) is 28.1 Å². The van der Waals surface area contributed by atoms with E-state index in [1.54, 1.807) is 6.08 Å². The second-order valence-electron chi connectivity index (χ2n) is 5.32. The molecule has 0 aromatic carbocycles. The van der Waals surface area contributed by atoms with Gasteiger partial charge in [0.15, 0.2) is 6.10 Å². The van der Waals surface area contributed by atoms with Gasteiger partial charge in [-0.2, -0.15) is 0 Å². The van der Waals surface area contributed by atoms with Crippen LogP contribution in [0.25, 0.3) is 0 Å². The van der Waals surface area contributed by atoms with Gasteiger partial charge in [-0.25, -0.2) is 4.79 Å². The van der Waals surface area contributed by atoms with Crippen LogP contribution in [-0.4, -0.2) is 55.3 Å². The van der Waals surface area contributed by atoms with Crippen LogP contribution in [-0.2, 0) is 14.3 Å². The summed E-state index contributed by atoms with van der Waals surface area (Å²) >= 11 is 0. The minimum absolute atomic E-state index is 0.164. The number of likely N-dealkylation sites (N-methyl/N-ethyl adjacent to an activating group) is 1. The average molecular weight is 258 g/mol. The summed E-state index contributed by atoms with van der Waals surface area (Å²) in [6.07, 6.45) is 4.12. The third-order valence-corrected chi connectivity index (χ3v) is 2.15. The van der Waals surface area contributed by atoms with Crippen LogP contribution in [0.4, 0.5) is 0 Å². The van der Waals surface area contributed by atoms with E-state index < -0.39 is 18.0 Å². The molecule has 18 heavy (non-hydrogen) atoms. The van der Waals surface area contributed by atoms with Crippen molar-refractivity contribution in [1.29, 1.82) is 0 Å². The summed E-state index contributed by atoms with van der Waals surface area (Å²) in [5.74, 6) is -1.43. The minimum atomic E-state index is -0.959. The number of hydrogen-bond acceptors (Lipinski definition) is 3. The number of aliphatic carboxylic acids is 1. The van der Waals surface area contributed by atoms with Gasteiger partial charge in [0.1, 0.15) is 6.54 Å². The van der Waals surface area contributed by atoms with Crippen molar-refractivity contribution >= 4 is 11.9 Å². The Hall–Kier alpha value is -1.36. The van der Waals surface area contributed by atoms with Crippen molar-refractivity contribution in [3.63, 3.8) is 0 Å². The lowest BCUT2D eigenvalue weighted by molar-refractivity contribution is -0.873. The van der Waals surface area contributed by atoms with E-state index in [1.165, 1.54) is 6.08 Å². The van der Waals surface area contributed by atoms with E-state index in [0.717, 1.165) is 12.8 Å². The molecule has 5 heteroatoms. The largest absolute Gasteiger partial charge is 0.481 e. The van der Waals surface area contributed by atoms with Gasteiger partial charge in [0.05, 0.1) is 27.6 Å². The molecule has 0 radical (unpaired) electrons. The van der Waals surface area contributed by atoms with Crippen molar-refractivity contribution in [2.24, 2.45) is 0 Å². The number of nitrogens with zero attached hydrogens (tertiary/aromatic N) is 1. The fraction of sp³-hybridized carbons (Fsp3) is 0.692. The van der Waals surface area contributed by atoms with E-state index in [0.29, 0.717) is 11.0 Å². The van der Waals surface area contributed by atoms with E-state index in [-0.39, 0.29) is 6.42 Å². The molecule has 0 saturated carbocycles. The van der Waals surface area contributed by atoms with Crippen molar-refractivity contribution < 1.29 is 23.9 Å². The lowest BCUT2D eigenvalue weighted by Gasteiger charge is -2.28. The van der Waals surface area contributed by atoms with Gasteiger partial charge in [-0.1, -0.05) is 19.4 Å². The smallest absolute Gasteiger partial charge is 0.330 e. The number of unbranched alkanes of at least 4 members (excludes halogenated alkanes) is 1. The third kappa shape index (κ3) is 9.84. The lowest BCUT2D eigenvalue weighted by atomic mass is 10.2. The van der Waals surface area contributed by atoms with Crippen molar-refractivity contribution in [3.8, 4) is 0 Å². The van der Waals surface area contributed by atoms with Crippen molar-refractivity contribution in [1.82, 2.24) is 0 Å². The fourth-order valence-electron chi connectivity index (χ4n) is 1.50. The minimum Gasteiger partial charge on any atom is -0.481 e. The van der Waals surface area contributed by atoms with Gasteiger partial charge in [-0.15, -0.1) is 0 Å². The molecule has 5 nitrogen and oxygen atoms in total. The second-order valence-corrected chi connectivity index (χ2v) is 5.32. The van der Waals surface area contributed by atoms with Crippen molar-refractivity contribution in [2.45, 2.75) is 32.3 Å². The first-order valence-corrected chi connectivity index (χ1v) is 6.14. The Labute approximate surface area is 109 Å². The lowest BCUT2D eigenvalue weighted by Crippen LogP contribution is -2.43. The maximum absolute atomic E-state index is 11.5. The molecule has 1 atom stereocenters. The van der Waals surface area contributed by atoms with Gasteiger partial charge < -0.3 is 14.3 Å². The summed E-state index contributed by atoms with van der Waals surface area (Å²) in [7, 11) is 5.78. The van der Waals surface area contributed by atoms with Crippen LogP contribution in [0.3, 0.4) is 0 Å². The quantitative estimate of drug-likeness (QED) is 0.406. The number of carboxylic acids is 1. The third-order valence-electron chi connectivity index (χ3n) is 2.15. The predicted octanol–water partition coefficient (Wildman–Crippen LogP) is 1.44. The Morgan fingerprint density at radius 3 is 2.39 bits per heavy atom. The van der Waals surface area contributed by atoms with E-state index in [2.05, 4.69) is 0 Å². The Kier molecular flexibility index (Phi) is 7.27. The summed E-state index contributed by atoms with van der Waals surface area (Å²) in [5, 5.41) is 8.79. The highest BCUT2D eigenvalue weighted by Crippen LogP contribution is 2.06. The zero-order valence-electron chi connectivity index (χ0n) is 11.7. The standard InChI is InChI=1S/C13H23NO4/c1-5-6-7-8-13(17)18-11(9-12(15)16)10-14(2,3)4/h7-8,11H,5-6,9-10H2,1-4H3/p+1/b8-7+. The van der Waals surface area contributed by atoms with Gasteiger partial charge in [-0.05, 0) is 6.42 Å². The van der Waals surface area contributed by atoms with E-state index in [4.69, 9.17) is 9.84 Å². The average Bonchev–Trinajstić information content (AvgIpc) is 2.13. The summed E-state index contributed by atoms with van der Waals surface area (Å²) in [6.45, 7) is 2.49. The SMILES string of the molecule is CCC/C=C/C(=O)OC(CC(=O)O)C[N+](C)(C)C. The van der Waals surface area contributed by atoms with Crippen molar-refractivity contribution in [3.05, 3.63) is 12.2 Å². The molecule has 1 N–H and O–H groups in total. The number of carbonyl (C=O) groups is 2. The zero-order valence-corrected chi connectivity index (χ0v) is 11.7. The first kappa shape index (κ1) is 16.6. The van der Waals surface area contributed by atoms with Crippen LogP contribution in [0, 0.1) is 0 Å². The normalized spacial score (nSPS) is 13.6. The highest BCUT2D eigenvalue weighted by Gasteiger charge is 2.23. The fourth-order valence-corrected chi connectivity index (χ4v) is 1.50. The first-order chi connectivity index (χ1) is 8.24. The number of ether oxygens (including phenoxy) is 1. The molecule has 0 heterocycles. The Balaban J connectivity index is 4.39. The van der Waals surface area contributed by atoms with Crippen LogP contribution in [0.2, 0.25) is 0 Å². The first-order valence-electron chi connectivity index (χ1n) is 6.14. The van der Waals surface area contributed by atoms with Crippen LogP contribution >= 0.6 is 0 Å². The highest BCUT2D eigenvalue weighted by molar-refractivity contribution is 5.82. The molecular weight excluding hydrogens is 234 g/mol. The molecule has 0 aliphatic rings. The molecular formula is C13H24NO4+. The Morgan fingerprint density at radius 2 is 1.94 bits per heavy atom. The molecule has 0 aliphatic carbocycles. The monoisotopic (exact) mass is 258 g/mol. The number of hydrogen-bond donors (Lipinski definition) is 1. The van der Waals surface area contributed by atoms with E-state index in [9.17, 15) is 9.59 Å². The number of quaternary nitrogens is 1. The topological polar surface area (TPSA) is 63.6 Å². The summed E-state index contributed by atoms with van der Waals surface area (Å²) < 4.78 is 5.71. The molecule has 0 rings (SSSR count). The van der Waals surface area contributed by atoms with Crippen LogP contribution in [0.5, 0.6) is 0 Å². The maximum Gasteiger partial charge on any atom is 0.330 e. The molecule has 0 amide bonds. The van der Waals surface area contributed by atoms with Crippen LogP contribution in [0.1, 0.15) is 26.2 Å². The number of carboxylic acid groups (broad SMARTS) is 1. The predicted molar refractivity (Wildman–Crippen MR) is 69.1 cm³/mol. The van der Waals surface area contributed by atoms with Gasteiger partial charge in [0.2, 0.25) is 0 Å². The van der Waals surface area contributed by atoms with Crippen molar-refractivity contribution in [2.75, 3.05) is 27.7 Å². The highest BCUT2D eigenvalue weighted by atomic mass is 16.5. The molecule has 0 bridgehead atoms. The number of allylic oxidation sites excluding steroid dienone is 1. The summed E-state index contributed by atoms with van der Waals surface area (Å²) in [6, 6.07) is 0. The maximum atomic E-state index is 11.5. The number of rotatable bonds is 8. The summed E-state index contributed by atoms with van der Waals surface area (Å²) in [4.78, 5) is 22.2. The molecule has 104 valence electrons. The number of carbonyl (C=O) groups excluding carboxylic acids is 1. The van der Waals surface area contributed by atoms with Crippen LogP contribution in [0.15, 0.2) is 12.2 Å². The van der Waals surface area contributed by atoms with E-state index >= 15 is 0 Å².